The minimum atomic E-state index is -0.701. The van der Waals surface area contributed by atoms with E-state index in [1.54, 1.807) is 24.4 Å². The van der Waals surface area contributed by atoms with Crippen molar-refractivity contribution in [2.45, 2.75) is 39.0 Å². The molecule has 0 aliphatic rings. The first kappa shape index (κ1) is 19.5. The molecule has 2 aromatic rings. The predicted octanol–water partition coefficient (Wildman–Crippen LogP) is 3.38. The number of benzene rings is 1. The number of hydrogen-bond acceptors (Lipinski definition) is 5. The number of rotatable bonds is 9. The van der Waals surface area contributed by atoms with Crippen LogP contribution in [0.1, 0.15) is 39.0 Å². The van der Waals surface area contributed by atoms with Crippen LogP contribution in [0.3, 0.4) is 0 Å². The summed E-state index contributed by atoms with van der Waals surface area (Å²) >= 11 is 0. The SMILES string of the molecule is CCCCCCCNC(=O)C(=O)Nc1ccc(-c2cnco2)c(OC)c1. The number of carbonyl (C=O) groups excluding carboxylic acids is 2. The summed E-state index contributed by atoms with van der Waals surface area (Å²) in [4.78, 5) is 27.7. The van der Waals surface area contributed by atoms with Gasteiger partial charge in [-0.15, -0.1) is 0 Å². The zero-order valence-electron chi connectivity index (χ0n) is 15.2. The topological polar surface area (TPSA) is 93.5 Å². The predicted molar refractivity (Wildman–Crippen MR) is 98.9 cm³/mol. The van der Waals surface area contributed by atoms with Crippen molar-refractivity contribution in [3.05, 3.63) is 30.8 Å². The number of ether oxygens (including phenoxy) is 1. The first-order valence-corrected chi connectivity index (χ1v) is 8.81. The molecule has 1 aromatic carbocycles. The molecule has 7 nitrogen and oxygen atoms in total. The number of nitrogens with zero attached hydrogens (tertiary/aromatic N) is 1. The third kappa shape index (κ3) is 5.61. The normalized spacial score (nSPS) is 10.4. The van der Waals surface area contributed by atoms with Crippen molar-refractivity contribution in [2.75, 3.05) is 19.0 Å². The summed E-state index contributed by atoms with van der Waals surface area (Å²) in [6.45, 7) is 2.66. The zero-order valence-corrected chi connectivity index (χ0v) is 15.2. The van der Waals surface area contributed by atoms with Gasteiger partial charge in [-0.1, -0.05) is 32.6 Å². The molecule has 0 spiro atoms. The number of amides is 2. The highest BCUT2D eigenvalue weighted by atomic mass is 16.5. The van der Waals surface area contributed by atoms with Crippen LogP contribution in [-0.2, 0) is 9.59 Å². The van der Waals surface area contributed by atoms with Gasteiger partial charge in [0.1, 0.15) is 5.75 Å². The van der Waals surface area contributed by atoms with Crippen molar-refractivity contribution < 1.29 is 18.7 Å². The van der Waals surface area contributed by atoms with Crippen LogP contribution >= 0.6 is 0 Å². The molecule has 0 fully saturated rings. The van der Waals surface area contributed by atoms with Gasteiger partial charge >= 0.3 is 11.8 Å². The molecule has 0 bridgehead atoms. The number of carbonyl (C=O) groups is 2. The van der Waals surface area contributed by atoms with Gasteiger partial charge in [0.05, 0.1) is 18.9 Å². The molecule has 1 heterocycles. The van der Waals surface area contributed by atoms with Crippen LogP contribution in [0.5, 0.6) is 5.75 Å². The van der Waals surface area contributed by atoms with Gasteiger partial charge in [0.2, 0.25) is 0 Å². The van der Waals surface area contributed by atoms with Crippen LogP contribution < -0.4 is 15.4 Å². The number of oxazole rings is 1. The number of methoxy groups -OCH3 is 1. The van der Waals surface area contributed by atoms with E-state index in [9.17, 15) is 9.59 Å². The first-order chi connectivity index (χ1) is 12.7. The first-order valence-electron chi connectivity index (χ1n) is 8.81. The number of aromatic nitrogens is 1. The second kappa shape index (κ2) is 10.2. The molecule has 0 aliphatic carbocycles. The fraction of sp³-hybridized carbons (Fsp3) is 0.421. The van der Waals surface area contributed by atoms with Crippen LogP contribution in [0.25, 0.3) is 11.3 Å². The fourth-order valence-corrected chi connectivity index (χ4v) is 2.52. The van der Waals surface area contributed by atoms with Gasteiger partial charge in [-0.25, -0.2) is 4.98 Å². The van der Waals surface area contributed by atoms with Crippen LogP contribution in [0.2, 0.25) is 0 Å². The molecular weight excluding hydrogens is 334 g/mol. The second-order valence-corrected chi connectivity index (χ2v) is 5.90. The Morgan fingerprint density at radius 2 is 1.96 bits per heavy atom. The standard InChI is InChI=1S/C19H25N3O4/c1-3-4-5-6-7-10-21-18(23)19(24)22-14-8-9-15(16(11-14)25-2)17-12-20-13-26-17/h8-9,11-13H,3-7,10H2,1-2H3,(H,21,23)(H,22,24). The second-order valence-electron chi connectivity index (χ2n) is 5.90. The van der Waals surface area contributed by atoms with Crippen molar-refractivity contribution >= 4 is 17.5 Å². The molecule has 0 atom stereocenters. The largest absolute Gasteiger partial charge is 0.496 e. The Kier molecular flexibility index (Phi) is 7.67. The molecule has 0 radical (unpaired) electrons. The van der Waals surface area contributed by atoms with Gasteiger partial charge in [0.25, 0.3) is 0 Å². The van der Waals surface area contributed by atoms with E-state index < -0.39 is 11.8 Å². The van der Waals surface area contributed by atoms with Crippen molar-refractivity contribution in [1.29, 1.82) is 0 Å². The van der Waals surface area contributed by atoms with Crippen molar-refractivity contribution in [3.63, 3.8) is 0 Å². The van der Waals surface area contributed by atoms with Crippen LogP contribution in [-0.4, -0.2) is 30.5 Å². The van der Waals surface area contributed by atoms with Gasteiger partial charge in [-0.05, 0) is 18.6 Å². The minimum Gasteiger partial charge on any atom is -0.496 e. The number of anilines is 1. The molecule has 0 saturated carbocycles. The number of hydrogen-bond donors (Lipinski definition) is 2. The maximum Gasteiger partial charge on any atom is 0.313 e. The summed E-state index contributed by atoms with van der Waals surface area (Å²) in [5.41, 5.74) is 1.17. The highest BCUT2D eigenvalue weighted by molar-refractivity contribution is 6.39. The summed E-state index contributed by atoms with van der Waals surface area (Å²) in [7, 11) is 1.52. The highest BCUT2D eigenvalue weighted by Gasteiger charge is 2.15. The highest BCUT2D eigenvalue weighted by Crippen LogP contribution is 2.32. The maximum atomic E-state index is 12.0. The molecule has 140 valence electrons. The maximum absolute atomic E-state index is 12.0. The van der Waals surface area contributed by atoms with Gasteiger partial charge in [-0.3, -0.25) is 9.59 Å². The summed E-state index contributed by atoms with van der Waals surface area (Å²) in [6, 6.07) is 5.05. The molecule has 2 amide bonds. The molecule has 0 unspecified atom stereocenters. The van der Waals surface area contributed by atoms with Gasteiger partial charge < -0.3 is 19.8 Å². The molecule has 2 N–H and O–H groups in total. The van der Waals surface area contributed by atoms with Gasteiger partial charge in [0, 0.05) is 18.3 Å². The lowest BCUT2D eigenvalue weighted by atomic mass is 10.1. The average Bonchev–Trinajstić information content (AvgIpc) is 3.18. The van der Waals surface area contributed by atoms with E-state index in [-0.39, 0.29) is 0 Å². The van der Waals surface area contributed by atoms with E-state index in [0.29, 0.717) is 29.3 Å². The minimum absolute atomic E-state index is 0.466. The fourth-order valence-electron chi connectivity index (χ4n) is 2.52. The van der Waals surface area contributed by atoms with E-state index in [2.05, 4.69) is 22.5 Å². The Bertz CT molecular complexity index is 714. The lowest BCUT2D eigenvalue weighted by Crippen LogP contribution is -2.35. The third-order valence-corrected chi connectivity index (χ3v) is 3.93. The van der Waals surface area contributed by atoms with Crippen LogP contribution in [0.4, 0.5) is 5.69 Å². The molecule has 7 heteroatoms. The molecule has 1 aromatic heterocycles. The summed E-state index contributed by atoms with van der Waals surface area (Å²) in [6.07, 6.45) is 8.35. The monoisotopic (exact) mass is 359 g/mol. The average molecular weight is 359 g/mol. The molecule has 2 rings (SSSR count). The van der Waals surface area contributed by atoms with E-state index in [4.69, 9.17) is 9.15 Å². The zero-order chi connectivity index (χ0) is 18.8. The Hall–Kier alpha value is -2.83. The summed E-state index contributed by atoms with van der Waals surface area (Å²) in [5.74, 6) is -0.275. The van der Waals surface area contributed by atoms with Gasteiger partial charge in [-0.2, -0.15) is 0 Å². The quantitative estimate of drug-likeness (QED) is 0.529. The molecular formula is C19H25N3O4. The Morgan fingerprint density at radius 3 is 2.65 bits per heavy atom. The molecule has 0 aliphatic heterocycles. The summed E-state index contributed by atoms with van der Waals surface area (Å²) in [5, 5.41) is 5.21. The Balaban J connectivity index is 1.87. The number of nitrogens with one attached hydrogen (secondary N) is 2. The van der Waals surface area contributed by atoms with E-state index >= 15 is 0 Å². The van der Waals surface area contributed by atoms with E-state index in [1.807, 2.05) is 0 Å². The van der Waals surface area contributed by atoms with Crippen molar-refractivity contribution in [1.82, 2.24) is 10.3 Å². The Morgan fingerprint density at radius 1 is 1.15 bits per heavy atom. The number of unbranched alkanes of at least 4 members (excludes halogenated alkanes) is 4. The van der Waals surface area contributed by atoms with E-state index in [0.717, 1.165) is 19.3 Å². The summed E-state index contributed by atoms with van der Waals surface area (Å²) < 4.78 is 10.6. The molecule has 0 saturated heterocycles. The Labute approximate surface area is 153 Å². The lowest BCUT2D eigenvalue weighted by Gasteiger charge is -2.10. The smallest absolute Gasteiger partial charge is 0.313 e. The lowest BCUT2D eigenvalue weighted by molar-refractivity contribution is -0.136. The third-order valence-electron chi connectivity index (χ3n) is 3.93. The van der Waals surface area contributed by atoms with Crippen molar-refractivity contribution in [3.8, 4) is 17.1 Å². The van der Waals surface area contributed by atoms with Crippen LogP contribution in [0, 0.1) is 0 Å². The van der Waals surface area contributed by atoms with Crippen molar-refractivity contribution in [2.24, 2.45) is 0 Å². The molecule has 26 heavy (non-hydrogen) atoms. The van der Waals surface area contributed by atoms with Gasteiger partial charge in [0.15, 0.2) is 12.2 Å². The van der Waals surface area contributed by atoms with Crippen LogP contribution in [0.15, 0.2) is 35.2 Å². The van der Waals surface area contributed by atoms with E-state index in [1.165, 1.54) is 26.3 Å².